The zero-order valence-electron chi connectivity index (χ0n) is 15.1. The zero-order chi connectivity index (χ0) is 20.8. The molecule has 8 nitrogen and oxygen atoms in total. The molecule has 2 N–H and O–H groups in total. The van der Waals surface area contributed by atoms with Crippen LogP contribution in [0.5, 0.6) is 0 Å². The van der Waals surface area contributed by atoms with E-state index in [1.54, 1.807) is 38.1 Å². The van der Waals surface area contributed by atoms with Gasteiger partial charge in [-0.05, 0) is 38.1 Å². The van der Waals surface area contributed by atoms with Crippen LogP contribution in [-0.2, 0) is 19.1 Å². The Morgan fingerprint density at radius 3 is 1.64 bits per heavy atom. The molecular formula is C20H18O8. The summed E-state index contributed by atoms with van der Waals surface area (Å²) in [5.74, 6) is -5.44. The van der Waals surface area contributed by atoms with Crippen LogP contribution in [0.15, 0.2) is 48.5 Å². The number of ether oxygens (including phenoxy) is 2. The Hall–Kier alpha value is -3.36. The second kappa shape index (κ2) is 9.03. The summed E-state index contributed by atoms with van der Waals surface area (Å²) in [6, 6.07) is 12.1. The maximum Gasteiger partial charge on any atom is 0.385 e. The molecule has 0 spiro atoms. The van der Waals surface area contributed by atoms with Gasteiger partial charge in [-0.15, -0.1) is 0 Å². The highest BCUT2D eigenvalue weighted by molar-refractivity contribution is 6.37. The molecule has 0 radical (unpaired) electrons. The largest absolute Gasteiger partial charge is 0.429 e. The second-order valence-corrected chi connectivity index (χ2v) is 6.01. The van der Waals surface area contributed by atoms with Crippen molar-refractivity contribution in [1.29, 1.82) is 0 Å². The van der Waals surface area contributed by atoms with Crippen molar-refractivity contribution in [2.45, 2.75) is 26.2 Å². The van der Waals surface area contributed by atoms with E-state index >= 15 is 0 Å². The van der Waals surface area contributed by atoms with E-state index in [1.165, 1.54) is 24.3 Å². The average Bonchev–Trinajstić information content (AvgIpc) is 2.67. The predicted molar refractivity (Wildman–Crippen MR) is 95.2 cm³/mol. The van der Waals surface area contributed by atoms with E-state index in [0.717, 1.165) is 11.1 Å². The number of Topliss-reactive ketones (excluding diaryl/α,β-unsaturated/α-hetero) is 1. The standard InChI is InChI=1S/C20H18O8/c1-11-3-7-13(8-4-11)17(23)27-19(25)15(21)16(22)20(26)28-18(24)14-9-5-12(2)6-10-14/h3-10,15,19,21,25H,1-2H3. The molecule has 146 valence electrons. The summed E-state index contributed by atoms with van der Waals surface area (Å²) in [6.45, 7) is 3.59. The number of hydrogen-bond donors (Lipinski definition) is 2. The van der Waals surface area contributed by atoms with Crippen LogP contribution in [0.1, 0.15) is 31.8 Å². The highest BCUT2D eigenvalue weighted by Crippen LogP contribution is 2.09. The summed E-state index contributed by atoms with van der Waals surface area (Å²) in [5.41, 5.74) is 1.84. The molecule has 0 heterocycles. The Morgan fingerprint density at radius 2 is 1.18 bits per heavy atom. The molecule has 0 aromatic heterocycles. The van der Waals surface area contributed by atoms with Gasteiger partial charge in [-0.25, -0.2) is 14.4 Å². The maximum absolute atomic E-state index is 11.9. The van der Waals surface area contributed by atoms with Crippen LogP contribution in [0, 0.1) is 13.8 Å². The fraction of sp³-hybridized carbons (Fsp3) is 0.200. The molecule has 0 aliphatic heterocycles. The van der Waals surface area contributed by atoms with Gasteiger partial charge in [0.2, 0.25) is 6.29 Å². The van der Waals surface area contributed by atoms with Gasteiger partial charge in [0.05, 0.1) is 11.1 Å². The van der Waals surface area contributed by atoms with Crippen molar-refractivity contribution in [3.63, 3.8) is 0 Å². The molecule has 2 aromatic rings. The van der Waals surface area contributed by atoms with Crippen molar-refractivity contribution in [2.24, 2.45) is 0 Å². The third-order valence-corrected chi connectivity index (χ3v) is 3.73. The molecule has 0 fully saturated rings. The summed E-state index contributed by atoms with van der Waals surface area (Å²) < 4.78 is 8.94. The number of aliphatic hydroxyl groups is 2. The van der Waals surface area contributed by atoms with E-state index in [2.05, 4.69) is 9.47 Å². The second-order valence-electron chi connectivity index (χ2n) is 6.01. The first-order valence-corrected chi connectivity index (χ1v) is 8.20. The first-order valence-electron chi connectivity index (χ1n) is 8.20. The number of benzene rings is 2. The number of ketones is 1. The van der Waals surface area contributed by atoms with E-state index in [0.29, 0.717) is 0 Å². The zero-order valence-corrected chi connectivity index (χ0v) is 15.1. The van der Waals surface area contributed by atoms with Crippen LogP contribution < -0.4 is 0 Å². The van der Waals surface area contributed by atoms with Crippen LogP contribution in [0.3, 0.4) is 0 Å². The van der Waals surface area contributed by atoms with Gasteiger partial charge in [0.15, 0.2) is 6.10 Å². The molecular weight excluding hydrogens is 368 g/mol. The molecule has 2 unspecified atom stereocenters. The van der Waals surface area contributed by atoms with Crippen molar-refractivity contribution in [3.8, 4) is 0 Å². The smallest absolute Gasteiger partial charge is 0.385 e. The van der Waals surface area contributed by atoms with Crippen LogP contribution in [0.2, 0.25) is 0 Å². The van der Waals surface area contributed by atoms with Gasteiger partial charge in [-0.1, -0.05) is 35.4 Å². The molecule has 8 heteroatoms. The van der Waals surface area contributed by atoms with Gasteiger partial charge in [0, 0.05) is 0 Å². The Kier molecular flexibility index (Phi) is 6.75. The van der Waals surface area contributed by atoms with Gasteiger partial charge in [-0.3, -0.25) is 4.79 Å². The van der Waals surface area contributed by atoms with E-state index in [-0.39, 0.29) is 11.1 Å². The predicted octanol–water partition coefficient (Wildman–Crippen LogP) is 1.09. The molecule has 2 rings (SSSR count). The van der Waals surface area contributed by atoms with Crippen LogP contribution in [0.4, 0.5) is 0 Å². The van der Waals surface area contributed by atoms with Crippen molar-refractivity contribution in [1.82, 2.24) is 0 Å². The van der Waals surface area contributed by atoms with Gasteiger partial charge in [0.25, 0.3) is 5.78 Å². The van der Waals surface area contributed by atoms with E-state index in [4.69, 9.17) is 0 Å². The topological polar surface area (TPSA) is 127 Å². The Balaban J connectivity index is 1.95. The maximum atomic E-state index is 11.9. The SMILES string of the molecule is Cc1ccc(C(=O)OC(=O)C(=O)C(O)C(O)OC(=O)c2ccc(C)cc2)cc1. The third-order valence-electron chi connectivity index (χ3n) is 3.73. The summed E-state index contributed by atoms with van der Waals surface area (Å²) >= 11 is 0. The number of aryl methyl sites for hydroxylation is 2. The van der Waals surface area contributed by atoms with E-state index in [1.807, 2.05) is 0 Å². The summed E-state index contributed by atoms with van der Waals surface area (Å²) in [7, 11) is 0. The Labute approximate surface area is 160 Å². The lowest BCUT2D eigenvalue weighted by Crippen LogP contribution is -2.42. The van der Waals surface area contributed by atoms with Crippen molar-refractivity contribution in [3.05, 3.63) is 70.8 Å². The number of carbonyl (C=O) groups excluding carboxylic acids is 4. The van der Waals surface area contributed by atoms with Crippen LogP contribution >= 0.6 is 0 Å². The lowest BCUT2D eigenvalue weighted by Gasteiger charge is -2.16. The summed E-state index contributed by atoms with van der Waals surface area (Å²) in [4.78, 5) is 47.3. The molecule has 0 aliphatic carbocycles. The van der Waals surface area contributed by atoms with Crippen molar-refractivity contribution < 1.29 is 38.9 Å². The van der Waals surface area contributed by atoms with Crippen molar-refractivity contribution >= 4 is 23.7 Å². The highest BCUT2D eigenvalue weighted by atomic mass is 16.6. The molecule has 2 aromatic carbocycles. The van der Waals surface area contributed by atoms with Crippen LogP contribution in [-0.4, -0.2) is 46.3 Å². The molecule has 0 saturated carbocycles. The number of aliphatic hydroxyl groups excluding tert-OH is 2. The molecule has 0 aliphatic rings. The third kappa shape index (κ3) is 5.32. The minimum Gasteiger partial charge on any atom is -0.429 e. The van der Waals surface area contributed by atoms with Gasteiger partial charge >= 0.3 is 17.9 Å². The lowest BCUT2D eigenvalue weighted by atomic mass is 10.1. The first kappa shape index (κ1) is 20.9. The monoisotopic (exact) mass is 386 g/mol. The fourth-order valence-corrected chi connectivity index (χ4v) is 2.07. The lowest BCUT2D eigenvalue weighted by molar-refractivity contribution is -0.168. The van der Waals surface area contributed by atoms with E-state index < -0.39 is 36.1 Å². The van der Waals surface area contributed by atoms with E-state index in [9.17, 15) is 29.4 Å². The molecule has 0 amide bonds. The Bertz CT molecular complexity index is 883. The molecule has 0 saturated heterocycles. The average molecular weight is 386 g/mol. The fourth-order valence-electron chi connectivity index (χ4n) is 2.07. The highest BCUT2D eigenvalue weighted by Gasteiger charge is 2.35. The number of rotatable bonds is 6. The minimum atomic E-state index is -2.41. The quantitative estimate of drug-likeness (QED) is 0.327. The normalized spacial score (nSPS) is 12.6. The number of carbonyl (C=O) groups is 4. The van der Waals surface area contributed by atoms with Crippen molar-refractivity contribution in [2.75, 3.05) is 0 Å². The molecule has 28 heavy (non-hydrogen) atoms. The van der Waals surface area contributed by atoms with Crippen LogP contribution in [0.25, 0.3) is 0 Å². The Morgan fingerprint density at radius 1 is 0.750 bits per heavy atom. The summed E-state index contributed by atoms with van der Waals surface area (Å²) in [6.07, 6.45) is -4.73. The van der Waals surface area contributed by atoms with Gasteiger partial charge in [0.1, 0.15) is 0 Å². The summed E-state index contributed by atoms with van der Waals surface area (Å²) in [5, 5.41) is 19.4. The van der Waals surface area contributed by atoms with Gasteiger partial charge in [-0.2, -0.15) is 0 Å². The molecule has 0 bridgehead atoms. The number of esters is 3. The minimum absolute atomic E-state index is 0.0209. The first-order chi connectivity index (χ1) is 13.2. The van der Waals surface area contributed by atoms with Gasteiger partial charge < -0.3 is 19.7 Å². The molecule has 2 atom stereocenters. The number of hydrogen-bond acceptors (Lipinski definition) is 8.